The van der Waals surface area contributed by atoms with E-state index in [1.165, 1.54) is 93.2 Å². The molecule has 0 aliphatic carbocycles. The number of unbranched alkanes of at least 4 members (excludes halogenated alkanes) is 3. The van der Waals surface area contributed by atoms with Gasteiger partial charge in [0.25, 0.3) is 5.56 Å². The summed E-state index contributed by atoms with van der Waals surface area (Å²) in [4.78, 5) is 52.5. The molecule has 20 nitrogen and oxygen atoms in total. The Labute approximate surface area is 558 Å². The molecular weight excluding hydrogens is 1330 g/mol. The van der Waals surface area contributed by atoms with Crippen LogP contribution in [-0.4, -0.2) is 113 Å². The third kappa shape index (κ3) is 9.87. The number of aliphatic carboxylic acids is 2. The van der Waals surface area contributed by atoms with E-state index in [0.29, 0.717) is 146 Å². The molecule has 0 spiro atoms. The van der Waals surface area contributed by atoms with Gasteiger partial charge in [-0.3, -0.25) is 19.0 Å². The molecule has 2 N–H and O–H groups in total. The van der Waals surface area contributed by atoms with E-state index in [0.717, 1.165) is 62.1 Å². The third-order valence-corrected chi connectivity index (χ3v) is 25.6. The van der Waals surface area contributed by atoms with Gasteiger partial charge in [-0.25, -0.2) is 4.85 Å². The summed E-state index contributed by atoms with van der Waals surface area (Å²) in [5.41, 5.74) is 4.27. The minimum absolute atomic E-state index is 0.00676. The molecule has 27 heteroatoms. The number of rotatable bonds is 15. The molecular formula is C66H55N3O17S7. The number of thiophene rings is 6. The van der Waals surface area contributed by atoms with Gasteiger partial charge in [-0.1, -0.05) is 64.3 Å². The summed E-state index contributed by atoms with van der Waals surface area (Å²) in [6.07, 6.45) is 6.19. The maximum atomic E-state index is 13.9. The molecule has 478 valence electrons. The highest BCUT2D eigenvalue weighted by Gasteiger charge is 2.42. The van der Waals surface area contributed by atoms with Gasteiger partial charge in [0, 0.05) is 23.3 Å². The Hall–Kier alpha value is -8.36. The average Bonchev–Trinajstić information content (AvgIpc) is 1.72. The second-order valence-electron chi connectivity index (χ2n) is 22.8. The van der Waals surface area contributed by atoms with Gasteiger partial charge in [0.2, 0.25) is 0 Å². The summed E-state index contributed by atoms with van der Waals surface area (Å²) in [5, 5.41) is 19.5. The monoisotopic (exact) mass is 1390 g/mol. The van der Waals surface area contributed by atoms with Crippen molar-refractivity contribution in [2.45, 2.75) is 58.4 Å². The molecule has 2 aromatic carbocycles. The Morgan fingerprint density at radius 1 is 0.516 bits per heavy atom. The summed E-state index contributed by atoms with van der Waals surface area (Å²) in [6, 6.07) is 15.7. The van der Waals surface area contributed by atoms with Crippen LogP contribution in [-0.2, 0) is 21.5 Å². The van der Waals surface area contributed by atoms with Crippen molar-refractivity contribution in [1.82, 2.24) is 4.57 Å². The standard InChI is InChI=1S/C66H55N3O17S7/c1-5-6-7-10-15-68-34-12-9-8-11-32(34)66(2,3)33-28-31(13-14-35(33)68)52-42-43(78-19-18-77-42)55(89-52)56-46-47(82-23-22-81-46)59(91-56)60-50-51(86-27-26-85-50)62(93-60)61-49-48(83-24-25-84-49)58(92-61)57-45-44(79-20-21-80-45)54(90-57)53-41-40(75-16-17-76-41)36(87-53)29-37-63(72)69(30-38(70)71)64(88-37)39(67-4)65(73)74/h8-9,11-14,28-29H,5-7,10,15-27,30H2,1-3H3,(H,70,71)(H,73,74). The topological polar surface area (TPSA) is 215 Å². The lowest BCUT2D eigenvalue weighted by molar-refractivity contribution is -0.138. The summed E-state index contributed by atoms with van der Waals surface area (Å²) in [7, 11) is 0. The van der Waals surface area contributed by atoms with E-state index in [4.69, 9.17) is 63.4 Å². The van der Waals surface area contributed by atoms with Crippen LogP contribution in [0.4, 0.5) is 11.4 Å². The quantitative estimate of drug-likeness (QED) is 0.0721. The van der Waals surface area contributed by atoms with E-state index >= 15 is 0 Å². The number of hydrogen-bond acceptors (Lipinski definition) is 23. The van der Waals surface area contributed by atoms with Gasteiger partial charge in [-0.05, 0) is 47.4 Å². The van der Waals surface area contributed by atoms with Crippen molar-refractivity contribution in [3.05, 3.63) is 89.4 Å². The molecule has 0 radical (unpaired) electrons. The minimum atomic E-state index is -1.59. The van der Waals surface area contributed by atoms with Crippen molar-refractivity contribution >= 4 is 114 Å². The van der Waals surface area contributed by atoms with Crippen molar-refractivity contribution in [2.24, 2.45) is 0 Å². The van der Waals surface area contributed by atoms with E-state index in [9.17, 15) is 24.6 Å². The number of thiazole rings is 1. The predicted molar refractivity (Wildman–Crippen MR) is 359 cm³/mol. The molecule has 7 aliphatic heterocycles. The number of anilines is 2. The van der Waals surface area contributed by atoms with E-state index in [-0.39, 0.29) is 47.6 Å². The van der Waals surface area contributed by atoms with Crippen LogP contribution < -0.4 is 76.5 Å². The number of carboxylic acid groups (broad SMARTS) is 2. The normalized spacial score (nSPS) is 16.5. The summed E-state index contributed by atoms with van der Waals surface area (Å²) < 4.78 is 79.0. The van der Waals surface area contributed by atoms with E-state index in [1.807, 2.05) is 0 Å². The maximum Gasteiger partial charge on any atom is 0.336 e. The fourth-order valence-electron chi connectivity index (χ4n) is 12.6. The Morgan fingerprint density at radius 2 is 0.914 bits per heavy atom. The smallest absolute Gasteiger partial charge is 0.336 e. The van der Waals surface area contributed by atoms with Crippen LogP contribution in [0.5, 0.6) is 69.0 Å². The Kier molecular flexibility index (Phi) is 15.3. The van der Waals surface area contributed by atoms with Gasteiger partial charge >= 0.3 is 17.6 Å². The highest BCUT2D eigenvalue weighted by molar-refractivity contribution is 7.32. The van der Waals surface area contributed by atoms with E-state index in [2.05, 4.69) is 73.0 Å². The molecule has 16 rings (SSSR count). The zero-order valence-electron chi connectivity index (χ0n) is 50.1. The summed E-state index contributed by atoms with van der Waals surface area (Å²) in [5.74, 6) is 3.53. The first kappa shape index (κ1) is 59.6. The lowest BCUT2D eigenvalue weighted by Crippen LogP contribution is -2.35. The number of aromatic nitrogens is 1. The van der Waals surface area contributed by atoms with Crippen molar-refractivity contribution < 1.29 is 76.6 Å². The molecule has 7 aromatic heterocycles. The summed E-state index contributed by atoms with van der Waals surface area (Å²) >= 11 is 9.52. The van der Waals surface area contributed by atoms with E-state index < -0.39 is 29.7 Å². The Balaban J connectivity index is 0.794. The Bertz CT molecular complexity index is 4810. The first-order valence-corrected chi connectivity index (χ1v) is 36.0. The van der Waals surface area contributed by atoms with Crippen LogP contribution in [0.3, 0.4) is 0 Å². The van der Waals surface area contributed by atoms with Crippen LogP contribution in [0.15, 0.2) is 47.3 Å². The van der Waals surface area contributed by atoms with Crippen molar-refractivity contribution in [3.8, 4) is 128 Å². The maximum absolute atomic E-state index is 13.9. The highest BCUT2D eigenvalue weighted by Crippen LogP contribution is 2.69. The SMILES string of the molecule is [C-]#[N+]C(C(=O)O)=c1sc(=Cc2sc(-c3sc(-c4sc(-c5sc(-c6sc(-c7sc(-c8ccc9c(c8)C(C)(C)c8ccccc8N9CCCCCC)c8c7OCCO8)c7c6OCCO7)c6c5OCCO6)c5c4OCCO5)c4c3OCCO4)c3c2OCCO3)c(=O)n1CC(=O)O. The van der Waals surface area contributed by atoms with Crippen LogP contribution in [0.25, 0.3) is 75.8 Å². The molecule has 0 unspecified atom stereocenters. The van der Waals surface area contributed by atoms with Gasteiger partial charge in [0.05, 0.1) is 69.6 Å². The number of carboxylic acids is 2. The molecule has 0 amide bonds. The molecule has 9 aromatic rings. The van der Waals surface area contributed by atoms with Crippen molar-refractivity contribution in [2.75, 3.05) is 90.7 Å². The van der Waals surface area contributed by atoms with Gasteiger partial charge in [0.15, 0.2) is 69.0 Å². The first-order chi connectivity index (χ1) is 45.4. The van der Waals surface area contributed by atoms with Crippen LogP contribution in [0.2, 0.25) is 0 Å². The molecule has 0 bridgehead atoms. The number of para-hydroxylation sites is 1. The zero-order chi connectivity index (χ0) is 63.4. The number of carbonyl (C=O) groups is 2. The van der Waals surface area contributed by atoms with Crippen molar-refractivity contribution in [1.29, 1.82) is 0 Å². The number of ether oxygens (including phenoxy) is 12. The van der Waals surface area contributed by atoms with Gasteiger partial charge in [-0.2, -0.15) is 0 Å². The number of benzene rings is 2. The molecule has 0 atom stereocenters. The van der Waals surface area contributed by atoms with Crippen LogP contribution in [0, 0.1) is 6.57 Å². The highest BCUT2D eigenvalue weighted by atomic mass is 32.1. The minimum Gasteiger partial charge on any atom is -0.486 e. The fraction of sp³-hybridized carbons (Fsp3) is 0.333. The zero-order valence-corrected chi connectivity index (χ0v) is 55.8. The van der Waals surface area contributed by atoms with Crippen LogP contribution >= 0.6 is 79.4 Å². The van der Waals surface area contributed by atoms with Crippen LogP contribution in [0.1, 0.15) is 62.5 Å². The lowest BCUT2D eigenvalue weighted by Gasteiger charge is -2.42. The number of fused-ring (bicyclic) bond motifs is 8. The molecule has 7 aliphatic rings. The van der Waals surface area contributed by atoms with Gasteiger partial charge < -0.3 is 72.0 Å². The predicted octanol–water partition coefficient (Wildman–Crippen LogP) is 13.3. The molecule has 14 heterocycles. The second kappa shape index (κ2) is 23.9. The molecule has 0 saturated carbocycles. The number of nitrogens with zero attached hydrogens (tertiary/aromatic N) is 3. The largest absolute Gasteiger partial charge is 0.486 e. The molecule has 0 saturated heterocycles. The van der Waals surface area contributed by atoms with Gasteiger partial charge in [0.1, 0.15) is 90.5 Å². The first-order valence-electron chi connectivity index (χ1n) is 30.3. The summed E-state index contributed by atoms with van der Waals surface area (Å²) in [6.45, 7) is 18.1. The van der Waals surface area contributed by atoms with Crippen molar-refractivity contribution in [3.63, 3.8) is 0 Å². The van der Waals surface area contributed by atoms with Gasteiger partial charge in [-0.15, -0.1) is 79.4 Å². The lowest BCUT2D eigenvalue weighted by atomic mass is 9.73. The third-order valence-electron chi connectivity index (χ3n) is 16.8. The fourth-order valence-corrected chi connectivity index (χ4v) is 21.5. The molecule has 0 fully saturated rings. The average molecular weight is 1390 g/mol. The number of hydrogen-bond donors (Lipinski definition) is 2. The molecule has 93 heavy (non-hydrogen) atoms. The van der Waals surface area contributed by atoms with E-state index in [1.54, 1.807) is 22.7 Å². The second-order valence-corrected chi connectivity index (χ2v) is 30.0. The Morgan fingerprint density at radius 3 is 1.34 bits per heavy atom.